The van der Waals surface area contributed by atoms with E-state index in [1.165, 1.54) is 4.90 Å². The molecule has 0 aliphatic carbocycles. The van der Waals surface area contributed by atoms with E-state index in [2.05, 4.69) is 5.10 Å². The Hall–Kier alpha value is -3.41. The highest BCUT2D eigenvalue weighted by molar-refractivity contribution is 5.98. The van der Waals surface area contributed by atoms with Crippen LogP contribution in [0.5, 0.6) is 0 Å². The molecule has 28 heavy (non-hydrogen) atoms. The number of ether oxygens (including phenoxy) is 1. The molecule has 144 valence electrons. The second-order valence-electron chi connectivity index (χ2n) is 6.77. The number of carbonyl (C=O) groups excluding carboxylic acids is 2. The molecule has 0 aliphatic rings. The van der Waals surface area contributed by atoms with Crippen LogP contribution in [0.1, 0.15) is 22.8 Å². The van der Waals surface area contributed by atoms with Gasteiger partial charge in [0.25, 0.3) is 5.91 Å². The summed E-state index contributed by atoms with van der Waals surface area (Å²) in [6, 6.07) is 17.2. The van der Waals surface area contributed by atoms with Crippen molar-refractivity contribution in [2.45, 2.75) is 20.0 Å². The maximum absolute atomic E-state index is 12.9. The fourth-order valence-electron chi connectivity index (χ4n) is 2.91. The van der Waals surface area contributed by atoms with E-state index in [-0.39, 0.29) is 5.91 Å². The number of aromatic nitrogens is 2. The minimum Gasteiger partial charge on any atom is -0.449 e. The van der Waals surface area contributed by atoms with Crippen molar-refractivity contribution in [3.63, 3.8) is 0 Å². The van der Waals surface area contributed by atoms with E-state index in [1.54, 1.807) is 31.9 Å². The topological polar surface area (TPSA) is 64.4 Å². The number of esters is 1. The van der Waals surface area contributed by atoms with Crippen molar-refractivity contribution >= 4 is 11.9 Å². The Bertz CT molecular complexity index is 993. The molecule has 1 atom stereocenters. The Morgan fingerprint density at radius 3 is 2.32 bits per heavy atom. The zero-order valence-electron chi connectivity index (χ0n) is 16.4. The molecular formula is C22H23N3O3. The van der Waals surface area contributed by atoms with E-state index in [4.69, 9.17) is 4.74 Å². The normalized spacial score (nSPS) is 11.7. The number of hydrogen-bond donors (Lipinski definition) is 0. The highest BCUT2D eigenvalue weighted by Gasteiger charge is 2.25. The van der Waals surface area contributed by atoms with Crippen molar-refractivity contribution in [3.05, 3.63) is 71.9 Å². The number of rotatable bonds is 5. The summed E-state index contributed by atoms with van der Waals surface area (Å²) >= 11 is 0. The van der Waals surface area contributed by atoms with Gasteiger partial charge in [0, 0.05) is 25.9 Å². The summed E-state index contributed by atoms with van der Waals surface area (Å²) in [4.78, 5) is 26.4. The van der Waals surface area contributed by atoms with Gasteiger partial charge >= 0.3 is 5.97 Å². The quantitative estimate of drug-likeness (QED) is 0.639. The van der Waals surface area contributed by atoms with Gasteiger partial charge in [0.2, 0.25) is 0 Å². The monoisotopic (exact) mass is 377 g/mol. The average Bonchev–Trinajstić information content (AvgIpc) is 3.13. The summed E-state index contributed by atoms with van der Waals surface area (Å²) in [6.07, 6.45) is 0.763. The number of aryl methyl sites for hydroxylation is 1. The van der Waals surface area contributed by atoms with Gasteiger partial charge in [-0.1, -0.05) is 42.5 Å². The van der Waals surface area contributed by atoms with Crippen LogP contribution in [0.4, 0.5) is 0 Å². The number of amides is 1. The first-order valence-corrected chi connectivity index (χ1v) is 9.01. The van der Waals surface area contributed by atoms with Gasteiger partial charge in [0.05, 0.1) is 5.69 Å². The van der Waals surface area contributed by atoms with Crippen molar-refractivity contribution in [2.24, 2.45) is 0 Å². The molecule has 6 nitrogen and oxygen atoms in total. The lowest BCUT2D eigenvalue weighted by atomic mass is 10.0. The van der Waals surface area contributed by atoms with Crippen molar-refractivity contribution in [3.8, 4) is 16.9 Å². The largest absolute Gasteiger partial charge is 0.449 e. The Balaban J connectivity index is 2.03. The SMILES string of the molecule is Cc1ccccc1-c1nn(-c2ccccc2)cc1C(=O)O[C@@H](C)C(=O)N(C)C. The molecule has 0 aliphatic heterocycles. The molecule has 1 aromatic heterocycles. The standard InChI is InChI=1S/C22H23N3O3/c1-15-10-8-9-13-18(15)20-19(22(27)28-16(2)21(26)24(3)4)14-25(23-20)17-11-6-5-7-12-17/h5-14,16H,1-4H3/t16-/m0/s1. The lowest BCUT2D eigenvalue weighted by Crippen LogP contribution is -2.34. The smallest absolute Gasteiger partial charge is 0.342 e. The molecular weight excluding hydrogens is 354 g/mol. The molecule has 0 unspecified atom stereocenters. The fourth-order valence-corrected chi connectivity index (χ4v) is 2.91. The third-order valence-corrected chi connectivity index (χ3v) is 4.43. The Labute approximate surface area is 164 Å². The fraction of sp³-hybridized carbons (Fsp3) is 0.227. The summed E-state index contributed by atoms with van der Waals surface area (Å²) in [5.74, 6) is -0.857. The van der Waals surface area contributed by atoms with Crippen LogP contribution in [-0.4, -0.2) is 46.8 Å². The van der Waals surface area contributed by atoms with Crippen molar-refractivity contribution in [1.82, 2.24) is 14.7 Å². The predicted octanol–water partition coefficient (Wildman–Crippen LogP) is 3.48. The predicted molar refractivity (Wildman–Crippen MR) is 107 cm³/mol. The van der Waals surface area contributed by atoms with Crippen LogP contribution in [-0.2, 0) is 9.53 Å². The molecule has 0 saturated heterocycles. The third kappa shape index (κ3) is 3.96. The molecule has 0 fully saturated rings. The van der Waals surface area contributed by atoms with Gasteiger partial charge in [-0.3, -0.25) is 4.79 Å². The first-order chi connectivity index (χ1) is 13.4. The van der Waals surface area contributed by atoms with E-state index in [1.807, 2.05) is 61.5 Å². The van der Waals surface area contributed by atoms with Gasteiger partial charge in [-0.05, 0) is 31.5 Å². The molecule has 6 heteroatoms. The van der Waals surface area contributed by atoms with Crippen LogP contribution in [0.25, 0.3) is 16.9 Å². The first kappa shape index (κ1) is 19.4. The molecule has 1 amide bonds. The van der Waals surface area contributed by atoms with Crippen molar-refractivity contribution in [1.29, 1.82) is 0 Å². The van der Waals surface area contributed by atoms with Gasteiger partial charge in [0.15, 0.2) is 6.10 Å². The second kappa shape index (κ2) is 8.08. The number of hydrogen-bond acceptors (Lipinski definition) is 4. The zero-order chi connectivity index (χ0) is 20.3. The van der Waals surface area contributed by atoms with E-state index >= 15 is 0 Å². The number of nitrogens with zero attached hydrogens (tertiary/aromatic N) is 3. The molecule has 0 bridgehead atoms. The third-order valence-electron chi connectivity index (χ3n) is 4.43. The lowest BCUT2D eigenvalue weighted by Gasteiger charge is -2.17. The van der Waals surface area contributed by atoms with Crippen LogP contribution >= 0.6 is 0 Å². The molecule has 2 aromatic carbocycles. The van der Waals surface area contributed by atoms with E-state index < -0.39 is 12.1 Å². The number of carbonyl (C=O) groups is 2. The maximum Gasteiger partial charge on any atom is 0.342 e. The van der Waals surface area contributed by atoms with E-state index in [9.17, 15) is 9.59 Å². The van der Waals surface area contributed by atoms with E-state index in [0.29, 0.717) is 11.3 Å². The molecule has 0 radical (unpaired) electrons. The lowest BCUT2D eigenvalue weighted by molar-refractivity contribution is -0.137. The van der Waals surface area contributed by atoms with Crippen LogP contribution in [0.3, 0.4) is 0 Å². The summed E-state index contributed by atoms with van der Waals surface area (Å²) in [5, 5.41) is 4.64. The Morgan fingerprint density at radius 1 is 1.04 bits per heavy atom. The van der Waals surface area contributed by atoms with Crippen LogP contribution < -0.4 is 0 Å². The van der Waals surface area contributed by atoms with Crippen molar-refractivity contribution in [2.75, 3.05) is 14.1 Å². The van der Waals surface area contributed by atoms with Crippen LogP contribution in [0.15, 0.2) is 60.8 Å². The second-order valence-corrected chi connectivity index (χ2v) is 6.77. The number of para-hydroxylation sites is 1. The Morgan fingerprint density at radius 2 is 1.68 bits per heavy atom. The number of likely N-dealkylation sites (N-methyl/N-ethyl adjacent to an activating group) is 1. The minimum absolute atomic E-state index is 0.277. The minimum atomic E-state index is -0.882. The zero-order valence-corrected chi connectivity index (χ0v) is 16.4. The molecule has 0 saturated carbocycles. The summed E-state index contributed by atoms with van der Waals surface area (Å²) < 4.78 is 7.08. The summed E-state index contributed by atoms with van der Waals surface area (Å²) in [5.41, 5.74) is 3.50. The summed E-state index contributed by atoms with van der Waals surface area (Å²) in [7, 11) is 3.25. The highest BCUT2D eigenvalue weighted by Crippen LogP contribution is 2.27. The van der Waals surface area contributed by atoms with Crippen LogP contribution in [0.2, 0.25) is 0 Å². The molecule has 3 rings (SSSR count). The Kier molecular flexibility index (Phi) is 5.59. The summed E-state index contributed by atoms with van der Waals surface area (Å²) in [6.45, 7) is 3.53. The van der Waals surface area contributed by atoms with Gasteiger partial charge in [-0.2, -0.15) is 5.10 Å². The maximum atomic E-state index is 12.9. The van der Waals surface area contributed by atoms with Crippen LogP contribution in [0, 0.1) is 6.92 Å². The molecule has 0 spiro atoms. The van der Waals surface area contributed by atoms with Gasteiger partial charge in [-0.15, -0.1) is 0 Å². The molecule has 1 heterocycles. The van der Waals surface area contributed by atoms with E-state index in [0.717, 1.165) is 16.8 Å². The van der Waals surface area contributed by atoms with Gasteiger partial charge < -0.3 is 9.64 Å². The average molecular weight is 377 g/mol. The number of benzene rings is 2. The first-order valence-electron chi connectivity index (χ1n) is 9.01. The molecule has 0 N–H and O–H groups in total. The highest BCUT2D eigenvalue weighted by atomic mass is 16.5. The van der Waals surface area contributed by atoms with Crippen molar-refractivity contribution < 1.29 is 14.3 Å². The van der Waals surface area contributed by atoms with Gasteiger partial charge in [0.1, 0.15) is 11.3 Å². The molecule has 3 aromatic rings. The van der Waals surface area contributed by atoms with Gasteiger partial charge in [-0.25, -0.2) is 9.48 Å².